The van der Waals surface area contributed by atoms with Crippen LogP contribution in [0.15, 0.2) is 60.3 Å². The average molecular weight is 488 g/mol. The Labute approximate surface area is 200 Å². The molecule has 172 valence electrons. The zero-order chi connectivity index (χ0) is 24.0. The first-order chi connectivity index (χ1) is 15.8. The highest BCUT2D eigenvalue weighted by atomic mass is 35.5. The molecule has 2 aromatic carbocycles. The summed E-state index contributed by atoms with van der Waals surface area (Å²) in [5, 5.41) is 22.7. The number of nitro benzene ring substituents is 1. The van der Waals surface area contributed by atoms with Crippen molar-refractivity contribution in [1.82, 2.24) is 14.8 Å². The zero-order valence-electron chi connectivity index (χ0n) is 18.0. The van der Waals surface area contributed by atoms with Crippen LogP contribution in [0.1, 0.15) is 24.4 Å². The third kappa shape index (κ3) is 6.33. The number of benzene rings is 2. The van der Waals surface area contributed by atoms with Crippen LogP contribution in [0.5, 0.6) is 5.75 Å². The van der Waals surface area contributed by atoms with Gasteiger partial charge in [-0.3, -0.25) is 19.5 Å². The monoisotopic (exact) mass is 487 g/mol. The van der Waals surface area contributed by atoms with Crippen molar-refractivity contribution in [2.45, 2.75) is 31.7 Å². The van der Waals surface area contributed by atoms with Crippen LogP contribution in [0.4, 0.5) is 11.4 Å². The van der Waals surface area contributed by atoms with Crippen LogP contribution in [0.3, 0.4) is 0 Å². The summed E-state index contributed by atoms with van der Waals surface area (Å²) in [5.74, 6) is 0.923. The van der Waals surface area contributed by atoms with Gasteiger partial charge in [-0.15, -0.1) is 16.8 Å². The number of hydrogen-bond donors (Lipinski definition) is 1. The number of allylic oxidation sites excluding steroid dienone is 1. The van der Waals surface area contributed by atoms with Gasteiger partial charge in [-0.05, 0) is 32.0 Å². The Hall–Kier alpha value is -3.37. The van der Waals surface area contributed by atoms with Crippen molar-refractivity contribution in [2.75, 3.05) is 11.1 Å². The number of rotatable bonds is 10. The minimum atomic E-state index is -0.556. The molecule has 0 aliphatic heterocycles. The lowest BCUT2D eigenvalue weighted by Crippen LogP contribution is -2.16. The fourth-order valence-electron chi connectivity index (χ4n) is 2.92. The third-order valence-electron chi connectivity index (χ3n) is 4.52. The second-order valence-corrected chi connectivity index (χ2v) is 8.42. The van der Waals surface area contributed by atoms with E-state index in [0.29, 0.717) is 23.3 Å². The topological polar surface area (TPSA) is 112 Å². The highest BCUT2D eigenvalue weighted by Crippen LogP contribution is 2.28. The van der Waals surface area contributed by atoms with Crippen LogP contribution in [0, 0.1) is 17.0 Å². The average Bonchev–Trinajstić information content (AvgIpc) is 3.18. The fourth-order valence-corrected chi connectivity index (χ4v) is 3.84. The smallest absolute Gasteiger partial charge is 0.271 e. The Morgan fingerprint density at radius 1 is 1.33 bits per heavy atom. The highest BCUT2D eigenvalue weighted by molar-refractivity contribution is 7.99. The number of nitrogens with one attached hydrogen (secondary N) is 1. The minimum absolute atomic E-state index is 0.00149. The number of thioether (sulfide) groups is 1. The van der Waals surface area contributed by atoms with Crippen molar-refractivity contribution in [3.05, 3.63) is 81.6 Å². The molecule has 0 saturated heterocycles. The predicted molar refractivity (Wildman–Crippen MR) is 128 cm³/mol. The van der Waals surface area contributed by atoms with Gasteiger partial charge in [0.25, 0.3) is 5.69 Å². The van der Waals surface area contributed by atoms with Gasteiger partial charge in [0.15, 0.2) is 17.1 Å². The van der Waals surface area contributed by atoms with Crippen LogP contribution in [-0.4, -0.2) is 31.3 Å². The van der Waals surface area contributed by atoms with Gasteiger partial charge in [0.1, 0.15) is 5.75 Å². The number of nitro groups is 1. The molecule has 1 aromatic heterocycles. The van der Waals surface area contributed by atoms with Gasteiger partial charge in [-0.1, -0.05) is 47.1 Å². The molecule has 9 nitrogen and oxygen atoms in total. The SMILES string of the molecule is C=CCn1c(SCC(=O)Nc2cc([N+](=O)[O-])ccc2Cl)nnc1C(C)Oc1ccc(C)cc1. The summed E-state index contributed by atoms with van der Waals surface area (Å²) in [4.78, 5) is 22.8. The number of anilines is 1. The number of carbonyl (C=O) groups is 1. The number of hydrogen-bond acceptors (Lipinski definition) is 7. The van der Waals surface area contributed by atoms with E-state index in [1.165, 1.54) is 30.0 Å². The van der Waals surface area contributed by atoms with Gasteiger partial charge in [-0.2, -0.15) is 0 Å². The molecule has 1 atom stereocenters. The lowest BCUT2D eigenvalue weighted by Gasteiger charge is -2.16. The number of aryl methyl sites for hydroxylation is 1. The molecule has 1 heterocycles. The van der Waals surface area contributed by atoms with Crippen molar-refractivity contribution in [3.8, 4) is 5.75 Å². The molecule has 33 heavy (non-hydrogen) atoms. The van der Waals surface area contributed by atoms with Crippen molar-refractivity contribution in [3.63, 3.8) is 0 Å². The number of aromatic nitrogens is 3. The zero-order valence-corrected chi connectivity index (χ0v) is 19.6. The van der Waals surface area contributed by atoms with Crippen molar-refractivity contribution >= 4 is 40.6 Å². The van der Waals surface area contributed by atoms with Crippen molar-refractivity contribution in [1.29, 1.82) is 0 Å². The molecule has 1 amide bonds. The molecule has 0 aliphatic carbocycles. The standard InChI is InChI=1S/C22H22ClN5O4S/c1-4-11-27-21(15(3)32-17-8-5-14(2)6-9-17)25-26-22(27)33-13-20(29)24-19-12-16(28(30)31)7-10-18(19)23/h4-10,12,15H,1,11,13H2,2-3H3,(H,24,29). The second kappa shape index (κ2) is 11.0. The van der Waals surface area contributed by atoms with Crippen LogP contribution < -0.4 is 10.1 Å². The van der Waals surface area contributed by atoms with E-state index in [1.54, 1.807) is 6.08 Å². The molecule has 0 aliphatic rings. The van der Waals surface area contributed by atoms with E-state index in [2.05, 4.69) is 22.1 Å². The molecular formula is C22H22ClN5O4S. The molecule has 0 fully saturated rings. The summed E-state index contributed by atoms with van der Waals surface area (Å²) in [6, 6.07) is 11.6. The van der Waals surface area contributed by atoms with E-state index < -0.39 is 4.92 Å². The summed E-state index contributed by atoms with van der Waals surface area (Å²) in [6.07, 6.45) is 1.32. The van der Waals surface area contributed by atoms with E-state index >= 15 is 0 Å². The molecular weight excluding hydrogens is 466 g/mol. The van der Waals surface area contributed by atoms with Crippen LogP contribution in [0.25, 0.3) is 0 Å². The molecule has 0 radical (unpaired) electrons. The summed E-state index contributed by atoms with van der Waals surface area (Å²) in [6.45, 7) is 8.08. The van der Waals surface area contributed by atoms with Gasteiger partial charge in [0.05, 0.1) is 21.4 Å². The van der Waals surface area contributed by atoms with E-state index in [4.69, 9.17) is 16.3 Å². The number of amides is 1. The number of halogens is 1. The van der Waals surface area contributed by atoms with E-state index in [9.17, 15) is 14.9 Å². The molecule has 0 spiro atoms. The normalized spacial score (nSPS) is 11.6. The van der Waals surface area contributed by atoms with Gasteiger partial charge >= 0.3 is 0 Å². The number of carbonyl (C=O) groups excluding carboxylic acids is 1. The fraction of sp³-hybridized carbons (Fsp3) is 0.227. The largest absolute Gasteiger partial charge is 0.483 e. The van der Waals surface area contributed by atoms with Crippen molar-refractivity contribution in [2.24, 2.45) is 0 Å². The van der Waals surface area contributed by atoms with E-state index in [1.807, 2.05) is 42.7 Å². The molecule has 1 unspecified atom stereocenters. The Bertz CT molecular complexity index is 1170. The number of non-ortho nitro benzene ring substituents is 1. The first kappa shape index (κ1) is 24.3. The summed E-state index contributed by atoms with van der Waals surface area (Å²) in [5.41, 5.74) is 1.14. The molecule has 1 N–H and O–H groups in total. The molecule has 0 saturated carbocycles. The summed E-state index contributed by atoms with van der Waals surface area (Å²) >= 11 is 7.22. The molecule has 3 aromatic rings. The maximum Gasteiger partial charge on any atom is 0.271 e. The number of nitrogens with zero attached hydrogens (tertiary/aromatic N) is 4. The van der Waals surface area contributed by atoms with Gasteiger partial charge in [0.2, 0.25) is 5.91 Å². The van der Waals surface area contributed by atoms with Crippen molar-refractivity contribution < 1.29 is 14.5 Å². The highest BCUT2D eigenvalue weighted by Gasteiger charge is 2.20. The van der Waals surface area contributed by atoms with Crippen LogP contribution in [0.2, 0.25) is 5.02 Å². The quantitative estimate of drug-likeness (QED) is 0.181. The lowest BCUT2D eigenvalue weighted by atomic mass is 10.2. The first-order valence-electron chi connectivity index (χ1n) is 9.92. The Kier molecular flexibility index (Phi) is 8.07. The minimum Gasteiger partial charge on any atom is -0.483 e. The summed E-state index contributed by atoms with van der Waals surface area (Å²) < 4.78 is 7.81. The molecule has 3 rings (SSSR count). The van der Waals surface area contributed by atoms with Crippen LogP contribution >= 0.6 is 23.4 Å². The maximum absolute atomic E-state index is 12.4. The Morgan fingerprint density at radius 3 is 2.73 bits per heavy atom. The third-order valence-corrected chi connectivity index (χ3v) is 5.82. The van der Waals surface area contributed by atoms with E-state index in [0.717, 1.165) is 5.56 Å². The summed E-state index contributed by atoms with van der Waals surface area (Å²) in [7, 11) is 0. The van der Waals surface area contributed by atoms with Crippen LogP contribution in [-0.2, 0) is 11.3 Å². The van der Waals surface area contributed by atoms with Gasteiger partial charge in [-0.25, -0.2) is 0 Å². The predicted octanol–water partition coefficient (Wildman–Crippen LogP) is 5.20. The Morgan fingerprint density at radius 2 is 2.06 bits per heavy atom. The maximum atomic E-state index is 12.4. The second-order valence-electron chi connectivity index (χ2n) is 7.07. The van der Waals surface area contributed by atoms with E-state index in [-0.39, 0.29) is 34.2 Å². The van der Waals surface area contributed by atoms with Gasteiger partial charge < -0.3 is 10.1 Å². The lowest BCUT2D eigenvalue weighted by molar-refractivity contribution is -0.384. The first-order valence-corrected chi connectivity index (χ1v) is 11.3. The Balaban J connectivity index is 1.68. The van der Waals surface area contributed by atoms with Gasteiger partial charge in [0, 0.05) is 18.7 Å². The molecule has 0 bridgehead atoms. The molecule has 11 heteroatoms. The number of ether oxygens (including phenoxy) is 1.